The van der Waals surface area contributed by atoms with Gasteiger partial charge in [0.25, 0.3) is 0 Å². The summed E-state index contributed by atoms with van der Waals surface area (Å²) in [7, 11) is 0. The molecule has 1 fully saturated rings. The van der Waals surface area contributed by atoms with Crippen LogP contribution in [0.15, 0.2) is 30.3 Å². The molecule has 0 aromatic heterocycles. The zero-order valence-electron chi connectivity index (χ0n) is 11.1. The van der Waals surface area contributed by atoms with Crippen LogP contribution in [-0.2, 0) is 4.79 Å². The first-order valence-corrected chi connectivity index (χ1v) is 6.73. The van der Waals surface area contributed by atoms with Gasteiger partial charge in [0.15, 0.2) is 0 Å². The van der Waals surface area contributed by atoms with Gasteiger partial charge in [-0.15, -0.1) is 0 Å². The number of carbonyl (C=O) groups is 1. The second-order valence-corrected chi connectivity index (χ2v) is 5.36. The largest absolute Gasteiger partial charge is 0.354 e. The van der Waals surface area contributed by atoms with Crippen molar-refractivity contribution < 1.29 is 4.79 Å². The van der Waals surface area contributed by atoms with Crippen LogP contribution >= 0.6 is 0 Å². The predicted octanol–water partition coefficient (Wildman–Crippen LogP) is 1.90. The standard InChI is InChI=1S/C15H22N2O/c1-11(2)17-15(18)14-8-13(9-16-10-14)12-6-4-3-5-7-12/h3-7,11,13-14,16H,8-10H2,1-2H3,(H,17,18)/t13-,14+/m0/s1. The van der Waals surface area contributed by atoms with Crippen LogP contribution in [0.5, 0.6) is 0 Å². The van der Waals surface area contributed by atoms with Crippen molar-refractivity contribution in [3.8, 4) is 0 Å². The van der Waals surface area contributed by atoms with Crippen molar-refractivity contribution in [3.05, 3.63) is 35.9 Å². The van der Waals surface area contributed by atoms with Gasteiger partial charge in [-0.3, -0.25) is 4.79 Å². The van der Waals surface area contributed by atoms with E-state index in [1.165, 1.54) is 5.56 Å². The van der Waals surface area contributed by atoms with Gasteiger partial charge in [-0.1, -0.05) is 30.3 Å². The van der Waals surface area contributed by atoms with Crippen LogP contribution in [0.1, 0.15) is 31.7 Å². The Morgan fingerprint density at radius 1 is 1.28 bits per heavy atom. The Kier molecular flexibility index (Phi) is 4.37. The Balaban J connectivity index is 1.98. The third-order valence-electron chi connectivity index (χ3n) is 3.42. The highest BCUT2D eigenvalue weighted by atomic mass is 16.1. The topological polar surface area (TPSA) is 41.1 Å². The first-order chi connectivity index (χ1) is 8.66. The van der Waals surface area contributed by atoms with E-state index in [0.29, 0.717) is 5.92 Å². The summed E-state index contributed by atoms with van der Waals surface area (Å²) in [5.74, 6) is 0.715. The predicted molar refractivity (Wildman–Crippen MR) is 73.4 cm³/mol. The fourth-order valence-electron chi connectivity index (χ4n) is 2.52. The first kappa shape index (κ1) is 13.1. The molecule has 98 valence electrons. The van der Waals surface area contributed by atoms with E-state index in [1.54, 1.807) is 0 Å². The van der Waals surface area contributed by atoms with Gasteiger partial charge in [-0.05, 0) is 31.7 Å². The zero-order chi connectivity index (χ0) is 13.0. The molecule has 18 heavy (non-hydrogen) atoms. The molecule has 1 heterocycles. The molecular weight excluding hydrogens is 224 g/mol. The molecule has 0 aliphatic carbocycles. The van der Waals surface area contributed by atoms with E-state index in [0.717, 1.165) is 19.5 Å². The molecule has 1 amide bonds. The van der Waals surface area contributed by atoms with Crippen molar-refractivity contribution in [1.82, 2.24) is 10.6 Å². The van der Waals surface area contributed by atoms with Gasteiger partial charge in [0, 0.05) is 19.1 Å². The molecule has 1 aliphatic rings. The van der Waals surface area contributed by atoms with E-state index in [4.69, 9.17) is 0 Å². The molecule has 0 saturated carbocycles. The van der Waals surface area contributed by atoms with Gasteiger partial charge in [0.2, 0.25) is 5.91 Å². The van der Waals surface area contributed by atoms with Crippen LogP contribution in [-0.4, -0.2) is 25.0 Å². The van der Waals surface area contributed by atoms with Crippen LogP contribution < -0.4 is 10.6 Å². The van der Waals surface area contributed by atoms with Gasteiger partial charge in [0.05, 0.1) is 5.92 Å². The van der Waals surface area contributed by atoms with E-state index in [2.05, 4.69) is 34.9 Å². The Labute approximate surface area is 109 Å². The lowest BCUT2D eigenvalue weighted by Crippen LogP contribution is -2.45. The second-order valence-electron chi connectivity index (χ2n) is 5.36. The second kappa shape index (κ2) is 6.01. The maximum atomic E-state index is 12.0. The molecule has 0 bridgehead atoms. The first-order valence-electron chi connectivity index (χ1n) is 6.73. The number of piperidine rings is 1. The molecule has 1 aromatic carbocycles. The lowest BCUT2D eigenvalue weighted by Gasteiger charge is -2.30. The average molecular weight is 246 g/mol. The minimum absolute atomic E-state index is 0.0892. The van der Waals surface area contributed by atoms with Crippen molar-refractivity contribution in [2.75, 3.05) is 13.1 Å². The number of rotatable bonds is 3. The number of nitrogens with one attached hydrogen (secondary N) is 2. The average Bonchev–Trinajstić information content (AvgIpc) is 2.39. The van der Waals surface area contributed by atoms with Gasteiger partial charge in [-0.25, -0.2) is 0 Å². The third kappa shape index (κ3) is 3.33. The van der Waals surface area contributed by atoms with E-state index < -0.39 is 0 Å². The van der Waals surface area contributed by atoms with Gasteiger partial charge in [0.1, 0.15) is 0 Å². The molecule has 0 spiro atoms. The molecule has 1 aliphatic heterocycles. The molecule has 1 aromatic rings. The lowest BCUT2D eigenvalue weighted by molar-refractivity contribution is -0.126. The zero-order valence-corrected chi connectivity index (χ0v) is 11.1. The maximum absolute atomic E-state index is 12.0. The van der Waals surface area contributed by atoms with Crippen LogP contribution in [0, 0.1) is 5.92 Å². The maximum Gasteiger partial charge on any atom is 0.224 e. The summed E-state index contributed by atoms with van der Waals surface area (Å²) in [4.78, 5) is 12.0. The van der Waals surface area contributed by atoms with Crippen molar-refractivity contribution in [3.63, 3.8) is 0 Å². The summed E-state index contributed by atoms with van der Waals surface area (Å²) in [5, 5.41) is 6.38. The quantitative estimate of drug-likeness (QED) is 0.855. The number of benzene rings is 1. The molecular formula is C15H22N2O. The number of carbonyl (C=O) groups excluding carboxylic acids is 1. The number of hydrogen-bond acceptors (Lipinski definition) is 2. The van der Waals surface area contributed by atoms with Crippen LogP contribution in [0.2, 0.25) is 0 Å². The number of hydrogen-bond donors (Lipinski definition) is 2. The Hall–Kier alpha value is -1.35. The van der Waals surface area contributed by atoms with Gasteiger partial charge in [-0.2, -0.15) is 0 Å². The summed E-state index contributed by atoms with van der Waals surface area (Å²) in [6.45, 7) is 5.77. The SMILES string of the molecule is CC(C)NC(=O)[C@H]1CNC[C@@H](c2ccccc2)C1. The summed E-state index contributed by atoms with van der Waals surface area (Å²) >= 11 is 0. The van der Waals surface area contributed by atoms with Crippen LogP contribution in [0.25, 0.3) is 0 Å². The normalized spacial score (nSPS) is 23.9. The summed E-state index contributed by atoms with van der Waals surface area (Å²) in [6, 6.07) is 10.7. The molecule has 1 saturated heterocycles. The Morgan fingerprint density at radius 2 is 2.00 bits per heavy atom. The van der Waals surface area contributed by atoms with Crippen LogP contribution in [0.4, 0.5) is 0 Å². The minimum Gasteiger partial charge on any atom is -0.354 e. The monoisotopic (exact) mass is 246 g/mol. The highest BCUT2D eigenvalue weighted by Crippen LogP contribution is 2.26. The van der Waals surface area contributed by atoms with Gasteiger partial charge < -0.3 is 10.6 Å². The molecule has 0 unspecified atom stereocenters. The molecule has 2 atom stereocenters. The van der Waals surface area contributed by atoms with E-state index in [9.17, 15) is 4.79 Å². The Bertz CT molecular complexity index is 389. The van der Waals surface area contributed by atoms with Crippen molar-refractivity contribution in [2.24, 2.45) is 5.92 Å². The fraction of sp³-hybridized carbons (Fsp3) is 0.533. The van der Waals surface area contributed by atoms with E-state index in [1.807, 2.05) is 19.9 Å². The van der Waals surface area contributed by atoms with Crippen molar-refractivity contribution in [1.29, 1.82) is 0 Å². The molecule has 2 rings (SSSR count). The van der Waals surface area contributed by atoms with E-state index in [-0.39, 0.29) is 17.9 Å². The summed E-state index contributed by atoms with van der Waals surface area (Å²) in [6.07, 6.45) is 0.940. The summed E-state index contributed by atoms with van der Waals surface area (Å²) < 4.78 is 0. The van der Waals surface area contributed by atoms with Crippen molar-refractivity contribution >= 4 is 5.91 Å². The van der Waals surface area contributed by atoms with E-state index >= 15 is 0 Å². The van der Waals surface area contributed by atoms with Crippen molar-refractivity contribution in [2.45, 2.75) is 32.2 Å². The smallest absolute Gasteiger partial charge is 0.224 e. The minimum atomic E-state index is 0.0892. The molecule has 3 nitrogen and oxygen atoms in total. The fourth-order valence-corrected chi connectivity index (χ4v) is 2.52. The lowest BCUT2D eigenvalue weighted by atomic mass is 9.85. The number of amides is 1. The molecule has 0 radical (unpaired) electrons. The third-order valence-corrected chi connectivity index (χ3v) is 3.42. The summed E-state index contributed by atoms with van der Waals surface area (Å²) in [5.41, 5.74) is 1.33. The van der Waals surface area contributed by atoms with Crippen LogP contribution in [0.3, 0.4) is 0 Å². The Morgan fingerprint density at radius 3 is 2.67 bits per heavy atom. The highest BCUT2D eigenvalue weighted by molar-refractivity contribution is 5.79. The van der Waals surface area contributed by atoms with Gasteiger partial charge >= 0.3 is 0 Å². The molecule has 2 N–H and O–H groups in total. The molecule has 3 heteroatoms. The highest BCUT2D eigenvalue weighted by Gasteiger charge is 2.27.